The molecule has 4 rings (SSSR count). The number of likely N-dealkylation sites (tertiary alicyclic amines) is 1. The van der Waals surface area contributed by atoms with Crippen LogP contribution in [0.15, 0.2) is 60.7 Å². The Bertz CT molecular complexity index is 1160. The standard InChI is InChI=1S/C29H33FN2O3/c1-20-4-8-25(17-26(20)30)29(33)31-18-21-5-9-23(10-6-21)24-12-14-32(15-13-24)19-22-7-11-27(34-2)28(16-22)35-3/h4-11,16-17,24H,12-15,18-19H2,1-3H3,(H,31,33). The summed E-state index contributed by atoms with van der Waals surface area (Å²) in [6, 6.07) is 19.1. The molecule has 1 fully saturated rings. The fraction of sp³-hybridized carbons (Fsp3) is 0.345. The molecule has 1 saturated heterocycles. The van der Waals surface area contributed by atoms with Gasteiger partial charge in [-0.25, -0.2) is 4.39 Å². The number of amides is 1. The van der Waals surface area contributed by atoms with Gasteiger partial charge in [0, 0.05) is 18.7 Å². The van der Waals surface area contributed by atoms with Crippen LogP contribution in [-0.4, -0.2) is 38.1 Å². The van der Waals surface area contributed by atoms with Gasteiger partial charge in [0.2, 0.25) is 0 Å². The summed E-state index contributed by atoms with van der Waals surface area (Å²) in [5.74, 6) is 1.42. The Morgan fingerprint density at radius 3 is 2.29 bits per heavy atom. The molecule has 1 N–H and O–H groups in total. The number of methoxy groups -OCH3 is 2. The predicted octanol–water partition coefficient (Wildman–Crippen LogP) is 5.46. The number of hydrogen-bond donors (Lipinski definition) is 1. The van der Waals surface area contributed by atoms with Crippen molar-refractivity contribution in [2.75, 3.05) is 27.3 Å². The van der Waals surface area contributed by atoms with E-state index in [1.54, 1.807) is 33.3 Å². The Morgan fingerprint density at radius 2 is 1.63 bits per heavy atom. The highest BCUT2D eigenvalue weighted by molar-refractivity contribution is 5.94. The van der Waals surface area contributed by atoms with Crippen molar-refractivity contribution in [3.8, 4) is 11.5 Å². The van der Waals surface area contributed by atoms with E-state index >= 15 is 0 Å². The van der Waals surface area contributed by atoms with E-state index in [0.29, 0.717) is 23.6 Å². The van der Waals surface area contributed by atoms with E-state index in [1.807, 2.05) is 6.07 Å². The number of carbonyl (C=O) groups excluding carboxylic acids is 1. The van der Waals surface area contributed by atoms with Gasteiger partial charge < -0.3 is 14.8 Å². The molecule has 184 valence electrons. The van der Waals surface area contributed by atoms with Crippen LogP contribution in [0.25, 0.3) is 0 Å². The van der Waals surface area contributed by atoms with Crippen molar-refractivity contribution in [3.63, 3.8) is 0 Å². The number of benzene rings is 3. The average molecular weight is 477 g/mol. The highest BCUT2D eigenvalue weighted by Crippen LogP contribution is 2.31. The summed E-state index contributed by atoms with van der Waals surface area (Å²) < 4.78 is 24.5. The summed E-state index contributed by atoms with van der Waals surface area (Å²) in [5.41, 5.74) is 4.46. The first kappa shape index (κ1) is 24.7. The van der Waals surface area contributed by atoms with Gasteiger partial charge in [0.1, 0.15) is 5.82 Å². The van der Waals surface area contributed by atoms with E-state index < -0.39 is 0 Å². The number of ether oxygens (including phenoxy) is 2. The summed E-state index contributed by atoms with van der Waals surface area (Å²) in [6.07, 6.45) is 2.23. The first-order valence-electron chi connectivity index (χ1n) is 12.0. The van der Waals surface area contributed by atoms with Crippen molar-refractivity contribution in [1.82, 2.24) is 10.2 Å². The fourth-order valence-electron chi connectivity index (χ4n) is 4.59. The normalized spacial score (nSPS) is 14.5. The molecule has 3 aromatic carbocycles. The zero-order chi connectivity index (χ0) is 24.8. The molecule has 0 radical (unpaired) electrons. The molecule has 0 bridgehead atoms. The van der Waals surface area contributed by atoms with Crippen LogP contribution in [-0.2, 0) is 13.1 Å². The Hall–Kier alpha value is -3.38. The van der Waals surface area contributed by atoms with Crippen LogP contribution in [0.2, 0.25) is 0 Å². The van der Waals surface area contributed by atoms with Crippen LogP contribution >= 0.6 is 0 Å². The second kappa shape index (κ2) is 11.4. The quantitative estimate of drug-likeness (QED) is 0.469. The summed E-state index contributed by atoms with van der Waals surface area (Å²) in [7, 11) is 3.32. The minimum Gasteiger partial charge on any atom is -0.493 e. The minimum absolute atomic E-state index is 0.269. The van der Waals surface area contributed by atoms with Gasteiger partial charge in [-0.1, -0.05) is 36.4 Å². The third-order valence-electron chi connectivity index (χ3n) is 6.78. The van der Waals surface area contributed by atoms with E-state index in [1.165, 1.54) is 17.2 Å². The van der Waals surface area contributed by atoms with Gasteiger partial charge in [-0.15, -0.1) is 0 Å². The second-order valence-corrected chi connectivity index (χ2v) is 9.13. The summed E-state index contributed by atoms with van der Waals surface area (Å²) in [6.45, 7) is 5.09. The molecule has 0 aromatic heterocycles. The molecule has 0 spiro atoms. The minimum atomic E-state index is -0.364. The van der Waals surface area contributed by atoms with Crippen LogP contribution < -0.4 is 14.8 Å². The monoisotopic (exact) mass is 476 g/mol. The smallest absolute Gasteiger partial charge is 0.251 e. The number of carbonyl (C=O) groups is 1. The SMILES string of the molecule is COc1ccc(CN2CCC(c3ccc(CNC(=O)c4ccc(C)c(F)c4)cc3)CC2)cc1OC. The molecule has 1 amide bonds. The lowest BCUT2D eigenvalue weighted by Crippen LogP contribution is -2.32. The Kier molecular flexibility index (Phi) is 8.03. The van der Waals surface area contributed by atoms with Crippen LogP contribution in [0.4, 0.5) is 4.39 Å². The van der Waals surface area contributed by atoms with Gasteiger partial charge in [-0.3, -0.25) is 9.69 Å². The third-order valence-corrected chi connectivity index (χ3v) is 6.78. The molecule has 1 aliphatic rings. The molecule has 0 atom stereocenters. The molecule has 0 unspecified atom stereocenters. The van der Waals surface area contributed by atoms with Crippen molar-refractivity contribution < 1.29 is 18.7 Å². The van der Waals surface area contributed by atoms with Gasteiger partial charge >= 0.3 is 0 Å². The molecular weight excluding hydrogens is 443 g/mol. The van der Waals surface area contributed by atoms with Crippen molar-refractivity contribution in [3.05, 3.63) is 94.3 Å². The largest absolute Gasteiger partial charge is 0.493 e. The number of halogens is 1. The maximum atomic E-state index is 13.7. The highest BCUT2D eigenvalue weighted by atomic mass is 19.1. The van der Waals surface area contributed by atoms with Gasteiger partial charge in [0.25, 0.3) is 5.91 Å². The molecule has 1 aliphatic heterocycles. The van der Waals surface area contributed by atoms with Crippen molar-refractivity contribution in [2.45, 2.75) is 38.8 Å². The third kappa shape index (κ3) is 6.20. The van der Waals surface area contributed by atoms with Crippen LogP contribution in [0.1, 0.15) is 51.4 Å². The summed E-state index contributed by atoms with van der Waals surface area (Å²) in [5, 5.41) is 2.88. The molecular formula is C29H33FN2O3. The Morgan fingerprint density at radius 1 is 0.943 bits per heavy atom. The van der Waals surface area contributed by atoms with Crippen molar-refractivity contribution in [1.29, 1.82) is 0 Å². The molecule has 0 saturated carbocycles. The van der Waals surface area contributed by atoms with Gasteiger partial charge in [-0.2, -0.15) is 0 Å². The van der Waals surface area contributed by atoms with E-state index in [4.69, 9.17) is 9.47 Å². The van der Waals surface area contributed by atoms with E-state index in [2.05, 4.69) is 46.6 Å². The van der Waals surface area contributed by atoms with Gasteiger partial charge in [0.15, 0.2) is 11.5 Å². The van der Waals surface area contributed by atoms with Gasteiger partial charge in [-0.05, 0) is 85.3 Å². The lowest BCUT2D eigenvalue weighted by Gasteiger charge is -2.32. The number of nitrogens with zero attached hydrogens (tertiary/aromatic N) is 1. The van der Waals surface area contributed by atoms with E-state index in [9.17, 15) is 9.18 Å². The number of aryl methyl sites for hydroxylation is 1. The molecule has 1 heterocycles. The molecule has 5 nitrogen and oxygen atoms in total. The molecule has 35 heavy (non-hydrogen) atoms. The van der Waals surface area contributed by atoms with Crippen molar-refractivity contribution in [2.24, 2.45) is 0 Å². The number of nitrogens with one attached hydrogen (secondary N) is 1. The van der Waals surface area contributed by atoms with Crippen LogP contribution in [0.3, 0.4) is 0 Å². The number of piperidine rings is 1. The van der Waals surface area contributed by atoms with Crippen LogP contribution in [0, 0.1) is 12.7 Å². The zero-order valence-electron chi connectivity index (χ0n) is 20.6. The molecule has 3 aromatic rings. The highest BCUT2D eigenvalue weighted by Gasteiger charge is 2.21. The Balaban J connectivity index is 1.26. The first-order chi connectivity index (χ1) is 17.0. The average Bonchev–Trinajstić information content (AvgIpc) is 2.89. The summed E-state index contributed by atoms with van der Waals surface area (Å²) in [4.78, 5) is 14.8. The van der Waals surface area contributed by atoms with Crippen LogP contribution in [0.5, 0.6) is 11.5 Å². The predicted molar refractivity (Wildman–Crippen MR) is 136 cm³/mol. The number of rotatable bonds is 8. The van der Waals surface area contributed by atoms with E-state index in [0.717, 1.165) is 49.5 Å². The lowest BCUT2D eigenvalue weighted by atomic mass is 9.89. The Labute approximate surface area is 206 Å². The van der Waals surface area contributed by atoms with E-state index in [-0.39, 0.29) is 11.7 Å². The lowest BCUT2D eigenvalue weighted by molar-refractivity contribution is 0.0950. The van der Waals surface area contributed by atoms with Crippen molar-refractivity contribution >= 4 is 5.91 Å². The molecule has 6 heteroatoms. The fourth-order valence-corrected chi connectivity index (χ4v) is 4.59. The zero-order valence-corrected chi connectivity index (χ0v) is 20.6. The maximum absolute atomic E-state index is 13.7. The first-order valence-corrected chi connectivity index (χ1v) is 12.0. The molecule has 0 aliphatic carbocycles. The second-order valence-electron chi connectivity index (χ2n) is 9.13. The maximum Gasteiger partial charge on any atom is 0.251 e. The topological polar surface area (TPSA) is 50.8 Å². The van der Waals surface area contributed by atoms with Gasteiger partial charge in [0.05, 0.1) is 14.2 Å². The summed E-state index contributed by atoms with van der Waals surface area (Å²) >= 11 is 0. The number of hydrogen-bond acceptors (Lipinski definition) is 4.